The molecule has 0 fully saturated rings. The standard InChI is InChI=1S/C9H7NO.Al.3H/c11-8-5-1-3-7-4-2-6-10-9(7)8;;;;/h1-4,6H,5H2;;;;. The van der Waals surface area contributed by atoms with Crippen LogP contribution in [0, 0.1) is 0 Å². The maximum Gasteiger partial charge on any atom is 0.187 e. The number of hydrogen-bond donors (Lipinski definition) is 0. The van der Waals surface area contributed by atoms with Crippen molar-refractivity contribution in [2.24, 2.45) is 0 Å². The van der Waals surface area contributed by atoms with Crippen LogP contribution in [0.25, 0.3) is 6.08 Å². The van der Waals surface area contributed by atoms with Crippen LogP contribution in [0.15, 0.2) is 24.4 Å². The lowest BCUT2D eigenvalue weighted by atomic mass is 10.0. The molecule has 60 valence electrons. The van der Waals surface area contributed by atoms with Gasteiger partial charge in [-0.05, 0) is 6.07 Å². The summed E-state index contributed by atoms with van der Waals surface area (Å²) in [5, 5.41) is 0. The lowest BCUT2D eigenvalue weighted by Gasteiger charge is -2.05. The number of aromatic nitrogens is 1. The van der Waals surface area contributed by atoms with E-state index < -0.39 is 0 Å². The fourth-order valence-corrected chi connectivity index (χ4v) is 1.17. The predicted molar refractivity (Wildman–Crippen MR) is 52.2 cm³/mol. The average Bonchev–Trinajstić information content (AvgIpc) is 2.06. The van der Waals surface area contributed by atoms with Crippen LogP contribution in [0.1, 0.15) is 22.5 Å². The first-order chi connectivity index (χ1) is 5.38. The number of Topliss-reactive ketones (excluding diaryl/α,β-unsaturated/α-hetero) is 1. The van der Waals surface area contributed by atoms with Gasteiger partial charge in [-0.15, -0.1) is 0 Å². The number of nitrogens with zero attached hydrogens (tertiary/aromatic N) is 1. The Morgan fingerprint density at radius 2 is 2.25 bits per heavy atom. The average molecular weight is 175 g/mol. The maximum atomic E-state index is 11.2. The van der Waals surface area contributed by atoms with Crippen LogP contribution in [-0.2, 0) is 0 Å². The van der Waals surface area contributed by atoms with Gasteiger partial charge in [0.15, 0.2) is 23.1 Å². The van der Waals surface area contributed by atoms with Crippen molar-refractivity contribution >= 4 is 29.2 Å². The van der Waals surface area contributed by atoms with E-state index in [1.807, 2.05) is 24.3 Å². The first kappa shape index (κ1) is 9.18. The van der Waals surface area contributed by atoms with Crippen molar-refractivity contribution < 1.29 is 4.79 Å². The summed E-state index contributed by atoms with van der Waals surface area (Å²) in [6.45, 7) is 0. The number of hydrogen-bond acceptors (Lipinski definition) is 2. The van der Waals surface area contributed by atoms with E-state index in [4.69, 9.17) is 0 Å². The van der Waals surface area contributed by atoms with Crippen LogP contribution in [0.4, 0.5) is 0 Å². The van der Waals surface area contributed by atoms with E-state index in [-0.39, 0.29) is 23.1 Å². The Morgan fingerprint density at radius 3 is 3.00 bits per heavy atom. The van der Waals surface area contributed by atoms with Gasteiger partial charge >= 0.3 is 0 Å². The summed E-state index contributed by atoms with van der Waals surface area (Å²) in [7, 11) is 0. The van der Waals surface area contributed by atoms with Crippen LogP contribution in [0.2, 0.25) is 0 Å². The Labute approximate surface area is 81.5 Å². The Morgan fingerprint density at radius 1 is 1.42 bits per heavy atom. The van der Waals surface area contributed by atoms with Crippen LogP contribution < -0.4 is 0 Å². The number of pyridine rings is 1. The van der Waals surface area contributed by atoms with Crippen LogP contribution in [0.5, 0.6) is 0 Å². The van der Waals surface area contributed by atoms with E-state index in [1.165, 1.54) is 0 Å². The highest BCUT2D eigenvalue weighted by molar-refractivity contribution is 6.00. The van der Waals surface area contributed by atoms with Gasteiger partial charge in [-0.3, -0.25) is 9.78 Å². The largest absolute Gasteiger partial charge is 0.292 e. The number of ketones is 1. The van der Waals surface area contributed by atoms with Crippen LogP contribution in [-0.4, -0.2) is 28.1 Å². The van der Waals surface area contributed by atoms with Gasteiger partial charge in [0.05, 0.1) is 0 Å². The van der Waals surface area contributed by atoms with Crippen LogP contribution >= 0.6 is 0 Å². The topological polar surface area (TPSA) is 30.0 Å². The van der Waals surface area contributed by atoms with Crippen molar-refractivity contribution in [2.45, 2.75) is 6.42 Å². The number of allylic oxidation sites excluding steroid dienone is 1. The maximum absolute atomic E-state index is 11.2. The van der Waals surface area contributed by atoms with Crippen molar-refractivity contribution in [1.29, 1.82) is 0 Å². The number of rotatable bonds is 0. The second-order valence-corrected chi connectivity index (χ2v) is 2.47. The minimum absolute atomic E-state index is 0. The highest BCUT2D eigenvalue weighted by Gasteiger charge is 2.12. The molecule has 2 rings (SSSR count). The van der Waals surface area contributed by atoms with Crippen molar-refractivity contribution in [3.63, 3.8) is 0 Å². The minimum Gasteiger partial charge on any atom is -0.292 e. The van der Waals surface area contributed by atoms with Gasteiger partial charge in [0, 0.05) is 18.2 Å². The molecule has 0 unspecified atom stereocenters. The molecule has 0 radical (unpaired) electrons. The minimum atomic E-state index is 0. The summed E-state index contributed by atoms with van der Waals surface area (Å²) >= 11 is 0. The zero-order chi connectivity index (χ0) is 7.68. The second kappa shape index (κ2) is 3.66. The van der Waals surface area contributed by atoms with E-state index in [1.54, 1.807) is 6.20 Å². The molecule has 0 bridgehead atoms. The van der Waals surface area contributed by atoms with E-state index in [9.17, 15) is 4.79 Å². The molecule has 1 aliphatic rings. The molecule has 0 N–H and O–H groups in total. The summed E-state index contributed by atoms with van der Waals surface area (Å²) in [5.74, 6) is 0.114. The Kier molecular flexibility index (Phi) is 2.80. The van der Waals surface area contributed by atoms with Crippen molar-refractivity contribution in [1.82, 2.24) is 4.98 Å². The van der Waals surface area contributed by atoms with Crippen molar-refractivity contribution in [2.75, 3.05) is 0 Å². The lowest BCUT2D eigenvalue weighted by molar-refractivity contribution is 0.0990. The molecule has 0 atom stereocenters. The molecule has 0 saturated heterocycles. The summed E-state index contributed by atoms with van der Waals surface area (Å²) < 4.78 is 0. The molecule has 12 heavy (non-hydrogen) atoms. The van der Waals surface area contributed by atoms with E-state index in [2.05, 4.69) is 4.98 Å². The smallest absolute Gasteiger partial charge is 0.187 e. The molecule has 0 amide bonds. The highest BCUT2D eigenvalue weighted by Crippen LogP contribution is 2.15. The van der Waals surface area contributed by atoms with E-state index >= 15 is 0 Å². The predicted octanol–water partition coefficient (Wildman–Crippen LogP) is 0.497. The molecule has 0 aliphatic heterocycles. The zero-order valence-corrected chi connectivity index (χ0v) is 5.95. The normalized spacial score (nSPS) is 13.5. The third-order valence-corrected chi connectivity index (χ3v) is 1.70. The van der Waals surface area contributed by atoms with E-state index in [0.717, 1.165) is 5.56 Å². The van der Waals surface area contributed by atoms with Gasteiger partial charge < -0.3 is 0 Å². The van der Waals surface area contributed by atoms with Crippen LogP contribution in [0.3, 0.4) is 0 Å². The number of fused-ring (bicyclic) bond motifs is 1. The SMILES string of the molecule is O=C1CC=Cc2cccnc21.[AlH3]. The summed E-state index contributed by atoms with van der Waals surface area (Å²) in [4.78, 5) is 15.2. The Bertz CT molecular complexity index is 333. The third kappa shape index (κ3) is 1.47. The summed E-state index contributed by atoms with van der Waals surface area (Å²) in [6.07, 6.45) is 5.94. The fraction of sp³-hybridized carbons (Fsp3) is 0.111. The van der Waals surface area contributed by atoms with E-state index in [0.29, 0.717) is 12.1 Å². The molecule has 1 aliphatic carbocycles. The van der Waals surface area contributed by atoms with Gasteiger partial charge in [-0.1, -0.05) is 18.2 Å². The molecule has 2 nitrogen and oxygen atoms in total. The molecule has 0 spiro atoms. The highest BCUT2D eigenvalue weighted by atomic mass is 27.0. The monoisotopic (exact) mass is 175 g/mol. The molecule has 1 aromatic rings. The summed E-state index contributed by atoms with van der Waals surface area (Å²) in [6, 6.07) is 3.73. The van der Waals surface area contributed by atoms with Gasteiger partial charge in [-0.2, -0.15) is 0 Å². The second-order valence-electron chi connectivity index (χ2n) is 2.47. The molecule has 3 heteroatoms. The lowest BCUT2D eigenvalue weighted by Crippen LogP contribution is -2.06. The molecule has 0 saturated carbocycles. The first-order valence-corrected chi connectivity index (χ1v) is 3.53. The third-order valence-electron chi connectivity index (χ3n) is 1.70. The molecular weight excluding hydrogens is 165 g/mol. The van der Waals surface area contributed by atoms with Crippen molar-refractivity contribution in [3.05, 3.63) is 35.7 Å². The molecular formula is C9H10AlNO. The van der Waals surface area contributed by atoms with Gasteiger partial charge in [0.2, 0.25) is 0 Å². The van der Waals surface area contributed by atoms with Gasteiger partial charge in [0.25, 0.3) is 0 Å². The summed E-state index contributed by atoms with van der Waals surface area (Å²) in [5.41, 5.74) is 1.54. The molecule has 0 aromatic carbocycles. The quantitative estimate of drug-likeness (QED) is 0.537. The number of carbonyl (C=O) groups is 1. The zero-order valence-electron chi connectivity index (χ0n) is 5.95. The Hall–Kier alpha value is -0.908. The van der Waals surface area contributed by atoms with Crippen molar-refractivity contribution in [3.8, 4) is 0 Å². The number of carbonyl (C=O) groups excluding carboxylic acids is 1. The molecule has 1 aromatic heterocycles. The fourth-order valence-electron chi connectivity index (χ4n) is 1.17. The first-order valence-electron chi connectivity index (χ1n) is 3.53. The van der Waals surface area contributed by atoms with Gasteiger partial charge in [0.1, 0.15) is 5.69 Å². The van der Waals surface area contributed by atoms with Gasteiger partial charge in [-0.25, -0.2) is 0 Å². The molecule has 1 heterocycles. The Balaban J connectivity index is 0.000000720.